The highest BCUT2D eigenvalue weighted by Crippen LogP contribution is 2.24. The van der Waals surface area contributed by atoms with Crippen molar-refractivity contribution in [3.63, 3.8) is 0 Å². The fourth-order valence-electron chi connectivity index (χ4n) is 1.94. The Morgan fingerprint density at radius 1 is 1.32 bits per heavy atom. The standard InChI is InChI=1S/C14H11NO3S/c16-14(17)13-10(3-5-18-13)8-15-11-1-2-12-9(7-11)4-6-19-12/h1-7,15H,8H2,(H,16,17). The second-order valence-corrected chi connectivity index (χ2v) is 5.05. The van der Waals surface area contributed by atoms with E-state index in [1.54, 1.807) is 17.4 Å². The van der Waals surface area contributed by atoms with Crippen LogP contribution in [0.2, 0.25) is 0 Å². The van der Waals surface area contributed by atoms with E-state index < -0.39 is 5.97 Å². The van der Waals surface area contributed by atoms with E-state index in [0.29, 0.717) is 12.1 Å². The number of carboxylic acid groups (broad SMARTS) is 1. The third kappa shape index (κ3) is 2.32. The lowest BCUT2D eigenvalue weighted by atomic mass is 10.2. The second kappa shape index (κ2) is 4.78. The van der Waals surface area contributed by atoms with Gasteiger partial charge in [0, 0.05) is 22.5 Å². The Morgan fingerprint density at radius 2 is 2.21 bits per heavy atom. The highest BCUT2D eigenvalue weighted by atomic mass is 32.1. The molecule has 0 aliphatic rings. The van der Waals surface area contributed by atoms with Gasteiger partial charge < -0.3 is 14.8 Å². The number of fused-ring (bicyclic) bond motifs is 1. The van der Waals surface area contributed by atoms with E-state index >= 15 is 0 Å². The van der Waals surface area contributed by atoms with E-state index in [9.17, 15) is 4.79 Å². The number of thiophene rings is 1. The molecule has 1 aromatic carbocycles. The number of hydrogen-bond acceptors (Lipinski definition) is 4. The minimum absolute atomic E-state index is 0.0101. The SMILES string of the molecule is O=C(O)c1occc1CNc1ccc2sccc2c1. The fourth-order valence-corrected chi connectivity index (χ4v) is 2.71. The summed E-state index contributed by atoms with van der Waals surface area (Å²) in [6, 6.07) is 9.81. The molecule has 2 heterocycles. The van der Waals surface area contributed by atoms with Gasteiger partial charge in [-0.15, -0.1) is 11.3 Å². The lowest BCUT2D eigenvalue weighted by molar-refractivity contribution is 0.0661. The Hall–Kier alpha value is -2.27. The molecule has 0 fully saturated rings. The third-order valence-corrected chi connectivity index (χ3v) is 3.77. The Morgan fingerprint density at radius 3 is 3.05 bits per heavy atom. The van der Waals surface area contributed by atoms with Crippen LogP contribution in [0.4, 0.5) is 5.69 Å². The molecule has 3 aromatic rings. The van der Waals surface area contributed by atoms with Crippen molar-refractivity contribution in [2.45, 2.75) is 6.54 Å². The van der Waals surface area contributed by atoms with Gasteiger partial charge in [-0.1, -0.05) is 0 Å². The highest BCUT2D eigenvalue weighted by Gasteiger charge is 2.13. The predicted molar refractivity (Wildman–Crippen MR) is 74.8 cm³/mol. The fraction of sp³-hybridized carbons (Fsp3) is 0.0714. The number of carbonyl (C=O) groups is 1. The van der Waals surface area contributed by atoms with E-state index in [0.717, 1.165) is 5.69 Å². The smallest absolute Gasteiger partial charge is 0.372 e. The van der Waals surface area contributed by atoms with Crippen molar-refractivity contribution in [1.29, 1.82) is 0 Å². The average molecular weight is 273 g/mol. The van der Waals surface area contributed by atoms with Crippen LogP contribution in [0.5, 0.6) is 0 Å². The summed E-state index contributed by atoms with van der Waals surface area (Å²) in [5.41, 5.74) is 1.60. The number of carboxylic acids is 1. The molecule has 0 aliphatic carbocycles. The van der Waals surface area contributed by atoms with Crippen molar-refractivity contribution in [3.05, 3.63) is 53.3 Å². The van der Waals surface area contributed by atoms with Crippen molar-refractivity contribution in [2.24, 2.45) is 0 Å². The van der Waals surface area contributed by atoms with Crippen LogP contribution in [-0.2, 0) is 6.54 Å². The van der Waals surface area contributed by atoms with E-state index in [1.807, 2.05) is 17.5 Å². The normalized spacial score (nSPS) is 10.7. The first-order valence-electron chi connectivity index (χ1n) is 5.75. The molecule has 0 bridgehead atoms. The summed E-state index contributed by atoms with van der Waals surface area (Å²) in [7, 11) is 0. The van der Waals surface area contributed by atoms with Crippen LogP contribution in [0.3, 0.4) is 0 Å². The van der Waals surface area contributed by atoms with Gasteiger partial charge in [-0.3, -0.25) is 0 Å². The summed E-state index contributed by atoms with van der Waals surface area (Å²) in [6.45, 7) is 0.424. The maximum absolute atomic E-state index is 10.9. The molecule has 0 amide bonds. The molecular formula is C14H11NO3S. The van der Waals surface area contributed by atoms with Crippen molar-refractivity contribution < 1.29 is 14.3 Å². The van der Waals surface area contributed by atoms with Crippen LogP contribution in [0.15, 0.2) is 46.4 Å². The van der Waals surface area contributed by atoms with E-state index in [4.69, 9.17) is 9.52 Å². The van der Waals surface area contributed by atoms with Crippen molar-refractivity contribution in [3.8, 4) is 0 Å². The minimum atomic E-state index is -1.05. The predicted octanol–water partition coefficient (Wildman–Crippen LogP) is 3.80. The topological polar surface area (TPSA) is 62.5 Å². The molecule has 0 radical (unpaired) electrons. The quantitative estimate of drug-likeness (QED) is 0.759. The number of rotatable bonds is 4. The summed E-state index contributed by atoms with van der Waals surface area (Å²) in [5, 5.41) is 15.4. The van der Waals surface area contributed by atoms with Gasteiger partial charge >= 0.3 is 5.97 Å². The van der Waals surface area contributed by atoms with Crippen molar-refractivity contribution >= 4 is 33.1 Å². The lowest BCUT2D eigenvalue weighted by Gasteiger charge is -2.05. The molecule has 0 unspecified atom stereocenters. The molecule has 96 valence electrons. The summed E-state index contributed by atoms with van der Waals surface area (Å²) in [5.74, 6) is -1.06. The first-order valence-corrected chi connectivity index (χ1v) is 6.63. The van der Waals surface area contributed by atoms with E-state index in [-0.39, 0.29) is 5.76 Å². The van der Waals surface area contributed by atoms with Gasteiger partial charge in [0.15, 0.2) is 0 Å². The summed E-state index contributed by atoms with van der Waals surface area (Å²) in [4.78, 5) is 10.9. The molecule has 0 atom stereocenters. The minimum Gasteiger partial charge on any atom is -0.475 e. The maximum atomic E-state index is 10.9. The largest absolute Gasteiger partial charge is 0.475 e. The van der Waals surface area contributed by atoms with Gasteiger partial charge in [0.25, 0.3) is 0 Å². The second-order valence-electron chi connectivity index (χ2n) is 4.11. The van der Waals surface area contributed by atoms with Gasteiger partial charge in [-0.25, -0.2) is 4.79 Å². The number of nitrogens with one attached hydrogen (secondary N) is 1. The van der Waals surface area contributed by atoms with Gasteiger partial charge in [-0.05, 0) is 41.1 Å². The van der Waals surface area contributed by atoms with Gasteiger partial charge in [0.1, 0.15) is 0 Å². The summed E-state index contributed by atoms with van der Waals surface area (Å²) >= 11 is 1.70. The molecule has 0 spiro atoms. The maximum Gasteiger partial charge on any atom is 0.372 e. The molecule has 0 saturated carbocycles. The summed E-state index contributed by atoms with van der Waals surface area (Å²) in [6.07, 6.45) is 1.39. The van der Waals surface area contributed by atoms with Crippen LogP contribution >= 0.6 is 11.3 Å². The lowest BCUT2D eigenvalue weighted by Crippen LogP contribution is -2.04. The van der Waals surface area contributed by atoms with Crippen LogP contribution in [0.1, 0.15) is 16.1 Å². The monoisotopic (exact) mass is 273 g/mol. The zero-order chi connectivity index (χ0) is 13.2. The molecule has 2 N–H and O–H groups in total. The Labute approximate surface area is 113 Å². The molecular weight excluding hydrogens is 262 g/mol. The Balaban J connectivity index is 1.78. The number of anilines is 1. The molecule has 3 rings (SSSR count). The first-order chi connectivity index (χ1) is 9.24. The molecule has 2 aromatic heterocycles. The number of hydrogen-bond donors (Lipinski definition) is 2. The van der Waals surface area contributed by atoms with Crippen molar-refractivity contribution in [1.82, 2.24) is 0 Å². The zero-order valence-electron chi connectivity index (χ0n) is 9.92. The molecule has 0 saturated heterocycles. The van der Waals surface area contributed by atoms with E-state index in [1.165, 1.54) is 16.3 Å². The zero-order valence-corrected chi connectivity index (χ0v) is 10.7. The molecule has 0 aliphatic heterocycles. The number of benzene rings is 1. The van der Waals surface area contributed by atoms with Crippen LogP contribution in [0.25, 0.3) is 10.1 Å². The van der Waals surface area contributed by atoms with Crippen LogP contribution < -0.4 is 5.32 Å². The molecule has 19 heavy (non-hydrogen) atoms. The first kappa shape index (κ1) is 11.8. The van der Waals surface area contributed by atoms with Crippen LogP contribution in [-0.4, -0.2) is 11.1 Å². The van der Waals surface area contributed by atoms with E-state index in [2.05, 4.69) is 17.4 Å². The molecule has 4 nitrogen and oxygen atoms in total. The van der Waals surface area contributed by atoms with Gasteiger partial charge in [-0.2, -0.15) is 0 Å². The van der Waals surface area contributed by atoms with Gasteiger partial charge in [0.2, 0.25) is 5.76 Å². The third-order valence-electron chi connectivity index (χ3n) is 2.88. The average Bonchev–Trinajstić information content (AvgIpc) is 3.04. The summed E-state index contributed by atoms with van der Waals surface area (Å²) < 4.78 is 6.17. The van der Waals surface area contributed by atoms with Crippen molar-refractivity contribution in [2.75, 3.05) is 5.32 Å². The number of aromatic carboxylic acids is 1. The Bertz CT molecular complexity index is 729. The van der Waals surface area contributed by atoms with Crippen LogP contribution in [0, 0.1) is 0 Å². The van der Waals surface area contributed by atoms with Gasteiger partial charge in [0.05, 0.1) is 6.26 Å². The number of furan rings is 1. The highest BCUT2D eigenvalue weighted by molar-refractivity contribution is 7.17. The Kier molecular flexibility index (Phi) is 2.97. The molecule has 5 heteroatoms.